The van der Waals surface area contributed by atoms with Crippen LogP contribution in [0.1, 0.15) is 18.4 Å². The van der Waals surface area contributed by atoms with Crippen LogP contribution in [0.15, 0.2) is 42.6 Å². The first-order valence-electron chi connectivity index (χ1n) is 8.63. The number of likely N-dealkylation sites (N-methyl/N-ethyl adjacent to an activating group) is 1. The maximum atomic E-state index is 4.68. The molecule has 1 unspecified atom stereocenters. The van der Waals surface area contributed by atoms with Gasteiger partial charge >= 0.3 is 0 Å². The first kappa shape index (κ1) is 16.7. The number of hydrogen-bond acceptors (Lipinski definition) is 5. The number of hydrogen-bond donors (Lipinski definition) is 0. The molecule has 0 spiro atoms. The summed E-state index contributed by atoms with van der Waals surface area (Å²) in [5.41, 5.74) is 1.39. The van der Waals surface area contributed by atoms with E-state index in [2.05, 4.69) is 57.1 Å². The number of anilines is 2. The molecule has 0 bridgehead atoms. The topological polar surface area (TPSA) is 35.5 Å². The lowest BCUT2D eigenvalue weighted by Gasteiger charge is -2.38. The third-order valence-electron chi connectivity index (χ3n) is 4.67. The number of piperidine rings is 1. The number of rotatable bonds is 5. The van der Waals surface area contributed by atoms with Crippen LogP contribution < -0.4 is 9.80 Å². The molecule has 128 valence electrons. The van der Waals surface area contributed by atoms with E-state index in [0.717, 1.165) is 24.9 Å². The van der Waals surface area contributed by atoms with Crippen molar-refractivity contribution >= 4 is 11.8 Å². The van der Waals surface area contributed by atoms with Crippen molar-refractivity contribution in [2.45, 2.75) is 25.4 Å². The number of aromatic nitrogens is 2. The average molecular weight is 325 g/mol. The molecule has 0 saturated carbocycles. The van der Waals surface area contributed by atoms with Crippen molar-refractivity contribution in [3.63, 3.8) is 0 Å². The Balaban J connectivity index is 1.66. The average Bonchev–Trinajstić information content (AvgIpc) is 2.62. The Morgan fingerprint density at radius 3 is 2.67 bits per heavy atom. The van der Waals surface area contributed by atoms with Crippen LogP contribution in [0.2, 0.25) is 0 Å². The quantitative estimate of drug-likeness (QED) is 0.844. The summed E-state index contributed by atoms with van der Waals surface area (Å²) in [5, 5.41) is 0. The lowest BCUT2D eigenvalue weighted by Crippen LogP contribution is -2.46. The van der Waals surface area contributed by atoms with E-state index < -0.39 is 0 Å². The van der Waals surface area contributed by atoms with E-state index in [0.29, 0.717) is 6.04 Å². The van der Waals surface area contributed by atoms with E-state index in [1.165, 1.54) is 24.9 Å². The van der Waals surface area contributed by atoms with Crippen LogP contribution in [0.4, 0.5) is 11.8 Å². The summed E-state index contributed by atoms with van der Waals surface area (Å²) in [6.45, 7) is 3.27. The van der Waals surface area contributed by atoms with Gasteiger partial charge in [-0.25, -0.2) is 4.98 Å². The van der Waals surface area contributed by atoms with Crippen LogP contribution in [-0.2, 0) is 6.54 Å². The summed E-state index contributed by atoms with van der Waals surface area (Å²) >= 11 is 0. The number of benzene rings is 1. The minimum Gasteiger partial charge on any atom is -0.355 e. The molecule has 1 saturated heterocycles. The van der Waals surface area contributed by atoms with E-state index in [1.54, 1.807) is 0 Å². The van der Waals surface area contributed by atoms with Crippen LogP contribution in [0.5, 0.6) is 0 Å². The van der Waals surface area contributed by atoms with Gasteiger partial charge in [0.25, 0.3) is 0 Å². The van der Waals surface area contributed by atoms with Crippen LogP contribution in [0.25, 0.3) is 0 Å². The van der Waals surface area contributed by atoms with E-state index in [1.807, 2.05) is 31.3 Å². The van der Waals surface area contributed by atoms with Gasteiger partial charge in [0, 0.05) is 46.5 Å². The molecule has 1 atom stereocenters. The standard InChI is InChI=1S/C19H27N5/c1-22(2)19-20-12-11-18(21-19)23(3)17-10-7-13-24(15-17)14-16-8-5-4-6-9-16/h4-6,8-9,11-12,17H,7,10,13-15H2,1-3H3. The van der Waals surface area contributed by atoms with Gasteiger partial charge in [0.05, 0.1) is 0 Å². The maximum Gasteiger partial charge on any atom is 0.226 e. The third-order valence-corrected chi connectivity index (χ3v) is 4.67. The Morgan fingerprint density at radius 2 is 1.92 bits per heavy atom. The van der Waals surface area contributed by atoms with Gasteiger partial charge in [-0.1, -0.05) is 30.3 Å². The van der Waals surface area contributed by atoms with Crippen molar-refractivity contribution in [1.82, 2.24) is 14.9 Å². The maximum absolute atomic E-state index is 4.68. The molecule has 0 radical (unpaired) electrons. The van der Waals surface area contributed by atoms with Gasteiger partial charge < -0.3 is 9.80 Å². The van der Waals surface area contributed by atoms with Crippen molar-refractivity contribution in [2.75, 3.05) is 44.0 Å². The minimum atomic E-state index is 0.493. The van der Waals surface area contributed by atoms with Crippen molar-refractivity contribution in [3.05, 3.63) is 48.2 Å². The van der Waals surface area contributed by atoms with E-state index in [4.69, 9.17) is 0 Å². The molecule has 5 heteroatoms. The number of likely N-dealkylation sites (tertiary alicyclic amines) is 1. The van der Waals surface area contributed by atoms with Gasteiger partial charge in [-0.05, 0) is 31.0 Å². The van der Waals surface area contributed by atoms with Gasteiger partial charge in [0.15, 0.2) is 0 Å². The SMILES string of the molecule is CN(C)c1nccc(N(C)C2CCCN(Cc3ccccc3)C2)n1. The number of nitrogens with zero attached hydrogens (tertiary/aromatic N) is 5. The zero-order chi connectivity index (χ0) is 16.9. The molecule has 1 aromatic heterocycles. The fraction of sp³-hybridized carbons (Fsp3) is 0.474. The molecule has 2 aromatic rings. The Labute approximate surface area is 144 Å². The van der Waals surface area contributed by atoms with Gasteiger partial charge in [-0.15, -0.1) is 0 Å². The molecule has 1 aliphatic heterocycles. The molecule has 0 N–H and O–H groups in total. The van der Waals surface area contributed by atoms with Crippen LogP contribution in [0.3, 0.4) is 0 Å². The largest absolute Gasteiger partial charge is 0.355 e. The highest BCUT2D eigenvalue weighted by atomic mass is 15.3. The second kappa shape index (κ2) is 7.62. The van der Waals surface area contributed by atoms with Crippen molar-refractivity contribution in [3.8, 4) is 0 Å². The first-order valence-corrected chi connectivity index (χ1v) is 8.63. The summed E-state index contributed by atoms with van der Waals surface area (Å²) in [6, 6.07) is 13.2. The Morgan fingerprint density at radius 1 is 1.12 bits per heavy atom. The summed E-state index contributed by atoms with van der Waals surface area (Å²) in [7, 11) is 6.10. The summed E-state index contributed by atoms with van der Waals surface area (Å²) in [4.78, 5) is 15.8. The summed E-state index contributed by atoms with van der Waals surface area (Å²) in [5.74, 6) is 1.76. The van der Waals surface area contributed by atoms with Gasteiger partial charge in [-0.2, -0.15) is 4.98 Å². The predicted molar refractivity (Wildman–Crippen MR) is 99.5 cm³/mol. The molecule has 1 aliphatic rings. The van der Waals surface area contributed by atoms with Gasteiger partial charge in [0.1, 0.15) is 5.82 Å². The molecule has 0 amide bonds. The van der Waals surface area contributed by atoms with E-state index >= 15 is 0 Å². The Kier molecular flexibility index (Phi) is 5.30. The molecule has 1 fully saturated rings. The Hall–Kier alpha value is -2.14. The van der Waals surface area contributed by atoms with E-state index in [9.17, 15) is 0 Å². The van der Waals surface area contributed by atoms with Gasteiger partial charge in [-0.3, -0.25) is 4.90 Å². The lowest BCUT2D eigenvalue weighted by atomic mass is 10.0. The van der Waals surface area contributed by atoms with Crippen molar-refractivity contribution < 1.29 is 0 Å². The lowest BCUT2D eigenvalue weighted by molar-refractivity contribution is 0.198. The minimum absolute atomic E-state index is 0.493. The van der Waals surface area contributed by atoms with Crippen LogP contribution in [0, 0.1) is 0 Å². The van der Waals surface area contributed by atoms with Crippen LogP contribution >= 0.6 is 0 Å². The summed E-state index contributed by atoms with van der Waals surface area (Å²) < 4.78 is 0. The second-order valence-electron chi connectivity index (χ2n) is 6.74. The molecule has 24 heavy (non-hydrogen) atoms. The predicted octanol–water partition coefficient (Wildman–Crippen LogP) is 2.64. The van der Waals surface area contributed by atoms with Gasteiger partial charge in [0.2, 0.25) is 5.95 Å². The molecular formula is C19H27N5. The highest BCUT2D eigenvalue weighted by Crippen LogP contribution is 2.22. The molecule has 1 aromatic carbocycles. The normalized spacial score (nSPS) is 18.4. The van der Waals surface area contributed by atoms with Crippen molar-refractivity contribution in [2.24, 2.45) is 0 Å². The zero-order valence-corrected chi connectivity index (χ0v) is 14.9. The molecule has 2 heterocycles. The molecule has 0 aliphatic carbocycles. The molecule has 5 nitrogen and oxygen atoms in total. The van der Waals surface area contributed by atoms with Crippen LogP contribution in [-0.4, -0.2) is 55.1 Å². The summed E-state index contributed by atoms with van der Waals surface area (Å²) in [6.07, 6.45) is 4.29. The Bertz CT molecular complexity index is 643. The highest BCUT2D eigenvalue weighted by Gasteiger charge is 2.24. The smallest absolute Gasteiger partial charge is 0.226 e. The first-order chi connectivity index (χ1) is 11.6. The highest BCUT2D eigenvalue weighted by molar-refractivity contribution is 5.43. The zero-order valence-electron chi connectivity index (χ0n) is 14.9. The second-order valence-corrected chi connectivity index (χ2v) is 6.74. The van der Waals surface area contributed by atoms with E-state index in [-0.39, 0.29) is 0 Å². The fourth-order valence-corrected chi connectivity index (χ4v) is 3.27. The van der Waals surface area contributed by atoms with Crippen molar-refractivity contribution in [1.29, 1.82) is 0 Å². The monoisotopic (exact) mass is 325 g/mol. The third kappa shape index (κ3) is 4.03. The fourth-order valence-electron chi connectivity index (χ4n) is 3.27. The molecular weight excluding hydrogens is 298 g/mol. The molecule has 3 rings (SSSR count).